The summed E-state index contributed by atoms with van der Waals surface area (Å²) in [6.45, 7) is 10.1. The lowest BCUT2D eigenvalue weighted by Crippen LogP contribution is -2.34. The zero-order valence-corrected chi connectivity index (χ0v) is 8.77. The van der Waals surface area contributed by atoms with E-state index >= 15 is 0 Å². The van der Waals surface area contributed by atoms with Gasteiger partial charge in [-0.05, 0) is 12.8 Å². The second kappa shape index (κ2) is 2.29. The molecule has 2 atom stereocenters. The molecule has 74 valence electrons. The summed E-state index contributed by atoms with van der Waals surface area (Å²) in [7, 11) is 0. The van der Waals surface area contributed by atoms with E-state index in [1.54, 1.807) is 0 Å². The van der Waals surface area contributed by atoms with Crippen molar-refractivity contribution in [1.82, 2.24) is 10.2 Å². The first kappa shape index (κ1) is 8.25. The topological polar surface area (TPSA) is 15.3 Å². The highest BCUT2D eigenvalue weighted by atomic mass is 15.3. The van der Waals surface area contributed by atoms with Crippen LogP contribution >= 0.6 is 0 Å². The van der Waals surface area contributed by atoms with Crippen LogP contribution in [0.15, 0.2) is 0 Å². The Kier molecular flexibility index (Phi) is 1.45. The minimum absolute atomic E-state index is 0.551. The van der Waals surface area contributed by atoms with Crippen LogP contribution in [0.2, 0.25) is 0 Å². The van der Waals surface area contributed by atoms with Crippen molar-refractivity contribution in [3.05, 3.63) is 0 Å². The van der Waals surface area contributed by atoms with Gasteiger partial charge in [-0.3, -0.25) is 4.90 Å². The van der Waals surface area contributed by atoms with E-state index in [9.17, 15) is 0 Å². The molecule has 13 heavy (non-hydrogen) atoms. The van der Waals surface area contributed by atoms with Gasteiger partial charge in [0.1, 0.15) is 0 Å². The molecule has 1 aliphatic carbocycles. The Hall–Kier alpha value is -0.0800. The van der Waals surface area contributed by atoms with Crippen LogP contribution < -0.4 is 5.32 Å². The van der Waals surface area contributed by atoms with Crippen LogP contribution in [0.5, 0.6) is 0 Å². The zero-order valence-electron chi connectivity index (χ0n) is 8.77. The standard InChI is InChI=1S/C11H20N2/c1-10-5-12-6-11(10,2)8-13(7-10)9-3-4-9/h9,12H,3-8H2,1-2H3/t10-,11-/m0/s1. The third-order valence-corrected chi connectivity index (χ3v) is 4.65. The van der Waals surface area contributed by atoms with Gasteiger partial charge in [0.2, 0.25) is 0 Å². The molecular formula is C11H20N2. The number of nitrogens with zero attached hydrogens (tertiary/aromatic N) is 1. The molecule has 1 N–H and O–H groups in total. The highest BCUT2D eigenvalue weighted by Gasteiger charge is 2.56. The highest BCUT2D eigenvalue weighted by molar-refractivity contribution is 5.10. The van der Waals surface area contributed by atoms with Gasteiger partial charge < -0.3 is 5.32 Å². The molecule has 3 fully saturated rings. The summed E-state index contributed by atoms with van der Waals surface area (Å²) in [5.74, 6) is 0. The molecule has 0 bridgehead atoms. The van der Waals surface area contributed by atoms with Crippen molar-refractivity contribution < 1.29 is 0 Å². The molecule has 0 amide bonds. The Morgan fingerprint density at radius 1 is 1.08 bits per heavy atom. The van der Waals surface area contributed by atoms with Crippen LogP contribution in [0.4, 0.5) is 0 Å². The Morgan fingerprint density at radius 3 is 2.08 bits per heavy atom. The fraction of sp³-hybridized carbons (Fsp3) is 1.00. The molecule has 0 aromatic carbocycles. The van der Waals surface area contributed by atoms with Crippen LogP contribution in [0.1, 0.15) is 26.7 Å². The fourth-order valence-corrected chi connectivity index (χ4v) is 3.18. The highest BCUT2D eigenvalue weighted by Crippen LogP contribution is 2.50. The predicted molar refractivity (Wildman–Crippen MR) is 53.7 cm³/mol. The maximum atomic E-state index is 3.56. The molecule has 0 unspecified atom stereocenters. The van der Waals surface area contributed by atoms with Gasteiger partial charge in [-0.2, -0.15) is 0 Å². The average molecular weight is 180 g/mol. The SMILES string of the molecule is C[C@@]12CNC[C@@]1(C)CN(C1CC1)C2. The van der Waals surface area contributed by atoms with Crippen LogP contribution in [-0.2, 0) is 0 Å². The molecule has 2 nitrogen and oxygen atoms in total. The van der Waals surface area contributed by atoms with Gasteiger partial charge >= 0.3 is 0 Å². The third-order valence-electron chi connectivity index (χ3n) is 4.65. The summed E-state index contributed by atoms with van der Waals surface area (Å²) in [4.78, 5) is 2.74. The summed E-state index contributed by atoms with van der Waals surface area (Å²) in [6.07, 6.45) is 2.92. The number of hydrogen-bond acceptors (Lipinski definition) is 2. The van der Waals surface area contributed by atoms with Crippen LogP contribution in [0.25, 0.3) is 0 Å². The second-order valence-electron chi connectivity index (χ2n) is 5.86. The molecule has 2 heterocycles. The first-order valence-electron chi connectivity index (χ1n) is 5.58. The first-order chi connectivity index (χ1) is 6.13. The third kappa shape index (κ3) is 1.02. The predicted octanol–water partition coefficient (Wildman–Crippen LogP) is 1.08. The van der Waals surface area contributed by atoms with Crippen LogP contribution in [0, 0.1) is 10.8 Å². The Labute approximate surface area is 80.7 Å². The maximum absolute atomic E-state index is 3.56. The molecule has 0 spiro atoms. The largest absolute Gasteiger partial charge is 0.316 e. The van der Waals surface area contributed by atoms with Crippen LogP contribution in [-0.4, -0.2) is 37.1 Å². The lowest BCUT2D eigenvalue weighted by atomic mass is 9.71. The van der Waals surface area contributed by atoms with E-state index < -0.39 is 0 Å². The number of nitrogens with one attached hydrogen (secondary N) is 1. The van der Waals surface area contributed by atoms with Gasteiger partial charge in [-0.1, -0.05) is 13.8 Å². The van der Waals surface area contributed by atoms with Gasteiger partial charge in [0, 0.05) is 43.1 Å². The summed E-state index contributed by atoms with van der Waals surface area (Å²) >= 11 is 0. The van der Waals surface area contributed by atoms with Crippen LogP contribution in [0.3, 0.4) is 0 Å². The van der Waals surface area contributed by atoms with Gasteiger partial charge in [0.05, 0.1) is 0 Å². The van der Waals surface area contributed by atoms with Gasteiger partial charge in [0.25, 0.3) is 0 Å². The van der Waals surface area contributed by atoms with Gasteiger partial charge in [0.15, 0.2) is 0 Å². The summed E-state index contributed by atoms with van der Waals surface area (Å²) < 4.78 is 0. The van der Waals surface area contributed by atoms with Crippen molar-refractivity contribution in [3.8, 4) is 0 Å². The Balaban J connectivity index is 1.84. The summed E-state index contributed by atoms with van der Waals surface area (Å²) in [5, 5.41) is 3.56. The molecule has 2 heteroatoms. The van der Waals surface area contributed by atoms with E-state index in [0.717, 1.165) is 6.04 Å². The molecule has 0 aromatic heterocycles. The van der Waals surface area contributed by atoms with E-state index in [4.69, 9.17) is 0 Å². The van der Waals surface area contributed by atoms with Gasteiger partial charge in [-0.25, -0.2) is 0 Å². The van der Waals surface area contributed by atoms with E-state index in [2.05, 4.69) is 24.1 Å². The molecule has 2 saturated heterocycles. The van der Waals surface area contributed by atoms with E-state index in [0.29, 0.717) is 10.8 Å². The number of fused-ring (bicyclic) bond motifs is 1. The lowest BCUT2D eigenvalue weighted by molar-refractivity contribution is 0.212. The quantitative estimate of drug-likeness (QED) is 0.649. The monoisotopic (exact) mass is 180 g/mol. The Bertz CT molecular complexity index is 218. The minimum atomic E-state index is 0.551. The smallest absolute Gasteiger partial charge is 0.00969 e. The van der Waals surface area contributed by atoms with Crippen molar-refractivity contribution in [2.45, 2.75) is 32.7 Å². The number of likely N-dealkylation sites (tertiary alicyclic amines) is 1. The van der Waals surface area contributed by atoms with E-state index in [-0.39, 0.29) is 0 Å². The van der Waals surface area contributed by atoms with Crippen molar-refractivity contribution in [1.29, 1.82) is 0 Å². The van der Waals surface area contributed by atoms with Crippen molar-refractivity contribution in [3.63, 3.8) is 0 Å². The normalized spacial score (nSPS) is 51.2. The molecule has 0 radical (unpaired) electrons. The molecule has 1 saturated carbocycles. The molecule has 2 aliphatic heterocycles. The van der Waals surface area contributed by atoms with Crippen molar-refractivity contribution in [2.24, 2.45) is 10.8 Å². The molecule has 0 aromatic rings. The minimum Gasteiger partial charge on any atom is -0.316 e. The number of rotatable bonds is 1. The maximum Gasteiger partial charge on any atom is 0.00969 e. The number of hydrogen-bond donors (Lipinski definition) is 1. The van der Waals surface area contributed by atoms with Gasteiger partial charge in [-0.15, -0.1) is 0 Å². The summed E-state index contributed by atoms with van der Waals surface area (Å²) in [5.41, 5.74) is 1.10. The van der Waals surface area contributed by atoms with E-state index in [1.165, 1.54) is 39.0 Å². The molecule has 3 rings (SSSR count). The zero-order chi connectivity index (χ0) is 9.10. The first-order valence-corrected chi connectivity index (χ1v) is 5.58. The van der Waals surface area contributed by atoms with E-state index in [1.807, 2.05) is 0 Å². The van der Waals surface area contributed by atoms with Crippen molar-refractivity contribution in [2.75, 3.05) is 26.2 Å². The average Bonchev–Trinajstić information content (AvgIpc) is 2.76. The Morgan fingerprint density at radius 2 is 1.62 bits per heavy atom. The fourth-order valence-electron chi connectivity index (χ4n) is 3.18. The molecular weight excluding hydrogens is 160 g/mol. The molecule has 3 aliphatic rings. The summed E-state index contributed by atoms with van der Waals surface area (Å²) in [6, 6.07) is 0.958. The van der Waals surface area contributed by atoms with Crippen molar-refractivity contribution >= 4 is 0 Å². The lowest BCUT2D eigenvalue weighted by Gasteiger charge is -2.31. The second-order valence-corrected chi connectivity index (χ2v) is 5.86.